The molecule has 6 heteroatoms. The first-order valence-electron chi connectivity index (χ1n) is 10.0. The van der Waals surface area contributed by atoms with Crippen molar-refractivity contribution in [3.8, 4) is 11.5 Å². The molecule has 0 saturated carbocycles. The molecule has 2 aromatic rings. The Balaban J connectivity index is 1.55. The highest BCUT2D eigenvalue weighted by Crippen LogP contribution is 2.29. The molecule has 1 fully saturated rings. The number of benzene rings is 1. The number of amides is 1. The first-order chi connectivity index (χ1) is 13.7. The summed E-state index contributed by atoms with van der Waals surface area (Å²) in [4.78, 5) is 21.3. The van der Waals surface area contributed by atoms with E-state index in [1.165, 1.54) is 5.56 Å². The summed E-state index contributed by atoms with van der Waals surface area (Å²) in [7, 11) is 0. The van der Waals surface area contributed by atoms with Crippen LogP contribution < -0.4 is 9.47 Å². The summed E-state index contributed by atoms with van der Waals surface area (Å²) in [5.41, 5.74) is 1.95. The van der Waals surface area contributed by atoms with Gasteiger partial charge in [0.15, 0.2) is 11.5 Å². The third-order valence-corrected chi connectivity index (χ3v) is 4.92. The van der Waals surface area contributed by atoms with E-state index in [0.717, 1.165) is 39.1 Å². The molecule has 0 unspecified atom stereocenters. The van der Waals surface area contributed by atoms with E-state index < -0.39 is 0 Å². The molecule has 6 nitrogen and oxygen atoms in total. The Morgan fingerprint density at radius 3 is 2.32 bits per heavy atom. The number of carbonyl (C=O) groups is 1. The number of hydrogen-bond acceptors (Lipinski definition) is 5. The fourth-order valence-corrected chi connectivity index (χ4v) is 3.38. The van der Waals surface area contributed by atoms with E-state index >= 15 is 0 Å². The molecule has 28 heavy (non-hydrogen) atoms. The molecule has 1 aliphatic rings. The number of rotatable bonds is 8. The highest BCUT2D eigenvalue weighted by Gasteiger charge is 2.23. The van der Waals surface area contributed by atoms with Crippen molar-refractivity contribution in [2.24, 2.45) is 0 Å². The first-order valence-corrected chi connectivity index (χ1v) is 10.0. The number of hydrogen-bond donors (Lipinski definition) is 0. The van der Waals surface area contributed by atoms with Crippen LogP contribution in [-0.2, 0) is 6.42 Å². The van der Waals surface area contributed by atoms with E-state index in [9.17, 15) is 4.79 Å². The van der Waals surface area contributed by atoms with Gasteiger partial charge in [-0.1, -0.05) is 0 Å². The molecule has 1 aromatic heterocycles. The van der Waals surface area contributed by atoms with Crippen LogP contribution in [-0.4, -0.2) is 66.6 Å². The normalized spacial score (nSPS) is 14.7. The Bertz CT molecular complexity index is 759. The molecule has 1 aliphatic heterocycles. The summed E-state index contributed by atoms with van der Waals surface area (Å²) < 4.78 is 11.2. The van der Waals surface area contributed by atoms with E-state index in [1.54, 1.807) is 6.07 Å². The Morgan fingerprint density at radius 1 is 0.964 bits per heavy atom. The maximum Gasteiger partial charge on any atom is 0.254 e. The highest BCUT2D eigenvalue weighted by molar-refractivity contribution is 5.95. The number of carbonyl (C=O) groups excluding carboxylic acids is 1. The lowest BCUT2D eigenvalue weighted by molar-refractivity contribution is 0.0638. The third kappa shape index (κ3) is 5.23. The van der Waals surface area contributed by atoms with Gasteiger partial charge < -0.3 is 14.4 Å². The molecule has 0 N–H and O–H groups in total. The maximum atomic E-state index is 12.9. The number of aromatic nitrogens is 1. The van der Waals surface area contributed by atoms with Gasteiger partial charge in [-0.25, -0.2) is 0 Å². The number of piperazine rings is 1. The van der Waals surface area contributed by atoms with Crippen LogP contribution in [0.4, 0.5) is 0 Å². The average Bonchev–Trinajstić information content (AvgIpc) is 2.74. The zero-order valence-electron chi connectivity index (χ0n) is 16.8. The quantitative estimate of drug-likeness (QED) is 0.702. The largest absolute Gasteiger partial charge is 0.490 e. The standard InChI is InChI=1S/C22H29N3O3/c1-3-27-20-6-5-19(17-21(20)28-4-2)22(26)25-15-13-24(14-16-25)12-9-18-7-10-23-11-8-18/h5-8,10-11,17H,3-4,9,12-16H2,1-2H3. The molecular formula is C22H29N3O3. The van der Waals surface area contributed by atoms with E-state index in [2.05, 4.69) is 22.0 Å². The van der Waals surface area contributed by atoms with Crippen molar-refractivity contribution in [1.29, 1.82) is 0 Å². The first kappa shape index (κ1) is 20.1. The highest BCUT2D eigenvalue weighted by atomic mass is 16.5. The molecule has 1 amide bonds. The number of pyridine rings is 1. The van der Waals surface area contributed by atoms with E-state index in [-0.39, 0.29) is 5.91 Å². The molecular weight excluding hydrogens is 354 g/mol. The number of ether oxygens (including phenoxy) is 2. The molecule has 0 aliphatic carbocycles. The molecule has 3 rings (SSSR count). The van der Waals surface area contributed by atoms with Gasteiger partial charge >= 0.3 is 0 Å². The fourth-order valence-electron chi connectivity index (χ4n) is 3.38. The Labute approximate surface area is 167 Å². The van der Waals surface area contributed by atoms with Gasteiger partial charge in [0.25, 0.3) is 5.91 Å². The van der Waals surface area contributed by atoms with Crippen LogP contribution in [0.25, 0.3) is 0 Å². The summed E-state index contributed by atoms with van der Waals surface area (Å²) in [5.74, 6) is 1.37. The van der Waals surface area contributed by atoms with Crippen molar-refractivity contribution < 1.29 is 14.3 Å². The SMILES string of the molecule is CCOc1ccc(C(=O)N2CCN(CCc3ccncc3)CC2)cc1OCC. The Hall–Kier alpha value is -2.60. The van der Waals surface area contributed by atoms with Crippen molar-refractivity contribution in [2.75, 3.05) is 45.9 Å². The summed E-state index contributed by atoms with van der Waals surface area (Å²) in [6, 6.07) is 9.56. The number of nitrogens with zero attached hydrogens (tertiary/aromatic N) is 3. The average molecular weight is 383 g/mol. The minimum atomic E-state index is 0.0535. The molecule has 150 valence electrons. The van der Waals surface area contributed by atoms with Gasteiger partial charge in [0.05, 0.1) is 13.2 Å². The second kappa shape index (κ2) is 10.1. The van der Waals surface area contributed by atoms with Crippen LogP contribution in [0.5, 0.6) is 11.5 Å². The predicted molar refractivity (Wildman–Crippen MR) is 109 cm³/mol. The van der Waals surface area contributed by atoms with Gasteiger partial charge in [-0.3, -0.25) is 14.7 Å². The van der Waals surface area contributed by atoms with Gasteiger partial charge in [0.2, 0.25) is 0 Å². The zero-order chi connectivity index (χ0) is 19.8. The molecule has 0 radical (unpaired) electrons. The lowest BCUT2D eigenvalue weighted by atomic mass is 10.1. The van der Waals surface area contributed by atoms with Crippen molar-refractivity contribution >= 4 is 5.91 Å². The lowest BCUT2D eigenvalue weighted by Crippen LogP contribution is -2.49. The Morgan fingerprint density at radius 2 is 1.64 bits per heavy atom. The maximum absolute atomic E-state index is 12.9. The van der Waals surface area contributed by atoms with E-state index in [4.69, 9.17) is 9.47 Å². The van der Waals surface area contributed by atoms with Crippen molar-refractivity contribution in [1.82, 2.24) is 14.8 Å². The van der Waals surface area contributed by atoms with Crippen LogP contribution in [0, 0.1) is 0 Å². The van der Waals surface area contributed by atoms with E-state index in [1.807, 2.05) is 43.3 Å². The van der Waals surface area contributed by atoms with Gasteiger partial charge in [0, 0.05) is 50.7 Å². The van der Waals surface area contributed by atoms with Crippen LogP contribution in [0.2, 0.25) is 0 Å². The summed E-state index contributed by atoms with van der Waals surface area (Å²) in [6.07, 6.45) is 4.67. The summed E-state index contributed by atoms with van der Waals surface area (Å²) in [5, 5.41) is 0. The van der Waals surface area contributed by atoms with Crippen molar-refractivity contribution in [3.05, 3.63) is 53.9 Å². The summed E-state index contributed by atoms with van der Waals surface area (Å²) in [6.45, 7) is 9.24. The van der Waals surface area contributed by atoms with Crippen LogP contribution >= 0.6 is 0 Å². The summed E-state index contributed by atoms with van der Waals surface area (Å²) >= 11 is 0. The van der Waals surface area contributed by atoms with Crippen molar-refractivity contribution in [3.63, 3.8) is 0 Å². The Kier molecular flexibility index (Phi) is 7.25. The van der Waals surface area contributed by atoms with Crippen molar-refractivity contribution in [2.45, 2.75) is 20.3 Å². The van der Waals surface area contributed by atoms with Crippen LogP contribution in [0.15, 0.2) is 42.7 Å². The minimum absolute atomic E-state index is 0.0535. The molecule has 0 bridgehead atoms. The van der Waals surface area contributed by atoms with Crippen LogP contribution in [0.1, 0.15) is 29.8 Å². The van der Waals surface area contributed by atoms with Gasteiger partial charge in [-0.15, -0.1) is 0 Å². The van der Waals surface area contributed by atoms with Gasteiger partial charge in [-0.2, -0.15) is 0 Å². The lowest BCUT2D eigenvalue weighted by Gasteiger charge is -2.34. The molecule has 1 saturated heterocycles. The third-order valence-electron chi connectivity index (χ3n) is 4.92. The monoisotopic (exact) mass is 383 g/mol. The molecule has 1 aromatic carbocycles. The van der Waals surface area contributed by atoms with E-state index in [0.29, 0.717) is 30.3 Å². The molecule has 0 atom stereocenters. The predicted octanol–water partition coefficient (Wildman–Crippen LogP) is 2.88. The van der Waals surface area contributed by atoms with Gasteiger partial charge in [0.1, 0.15) is 0 Å². The zero-order valence-corrected chi connectivity index (χ0v) is 16.8. The fraction of sp³-hybridized carbons (Fsp3) is 0.455. The molecule has 2 heterocycles. The second-order valence-electron chi connectivity index (χ2n) is 6.77. The van der Waals surface area contributed by atoms with Crippen LogP contribution in [0.3, 0.4) is 0 Å². The topological polar surface area (TPSA) is 54.9 Å². The smallest absolute Gasteiger partial charge is 0.254 e. The molecule has 0 spiro atoms. The second-order valence-corrected chi connectivity index (χ2v) is 6.77. The minimum Gasteiger partial charge on any atom is -0.490 e. The van der Waals surface area contributed by atoms with Gasteiger partial charge in [-0.05, 0) is 56.2 Å².